The molecule has 6 heteroatoms. The Kier molecular flexibility index (Phi) is 4.04. The van der Waals surface area contributed by atoms with Crippen molar-refractivity contribution in [3.63, 3.8) is 0 Å². The lowest BCUT2D eigenvalue weighted by atomic mass is 10.0. The zero-order valence-electron chi connectivity index (χ0n) is 13.7. The van der Waals surface area contributed by atoms with Gasteiger partial charge < -0.3 is 4.74 Å². The second-order valence-electron chi connectivity index (χ2n) is 5.53. The Morgan fingerprint density at radius 2 is 1.67 bits per heavy atom. The lowest BCUT2D eigenvalue weighted by Crippen LogP contribution is -2.38. The number of fused-ring (bicyclic) bond motifs is 1. The van der Waals surface area contributed by atoms with Crippen molar-refractivity contribution in [2.75, 3.05) is 19.1 Å². The van der Waals surface area contributed by atoms with Crippen molar-refractivity contribution in [3.05, 3.63) is 58.9 Å². The van der Waals surface area contributed by atoms with Crippen LogP contribution in [0.4, 0.5) is 0 Å². The van der Waals surface area contributed by atoms with Gasteiger partial charge in [0.1, 0.15) is 11.4 Å². The summed E-state index contributed by atoms with van der Waals surface area (Å²) in [6.07, 6.45) is 0. The summed E-state index contributed by atoms with van der Waals surface area (Å²) in [6.45, 7) is 1.35. The van der Waals surface area contributed by atoms with E-state index in [2.05, 4.69) is 5.10 Å². The molecule has 0 unspecified atom stereocenters. The first-order valence-electron chi connectivity index (χ1n) is 7.46. The average Bonchev–Trinajstić information content (AvgIpc) is 2.55. The van der Waals surface area contributed by atoms with Crippen molar-refractivity contribution in [1.82, 2.24) is 9.89 Å². The molecule has 0 bridgehead atoms. The van der Waals surface area contributed by atoms with E-state index in [1.165, 1.54) is 11.7 Å². The van der Waals surface area contributed by atoms with Gasteiger partial charge in [0.25, 0.3) is 5.56 Å². The van der Waals surface area contributed by atoms with Crippen molar-refractivity contribution in [1.29, 1.82) is 0 Å². The minimum atomic E-state index is -0.410. The molecule has 3 rings (SSSR count). The number of aromatic nitrogens is 2. The van der Waals surface area contributed by atoms with E-state index >= 15 is 0 Å². The maximum absolute atomic E-state index is 12.6. The highest BCUT2D eigenvalue weighted by molar-refractivity contribution is 5.95. The smallest absolute Gasteiger partial charge is 0.308 e. The first kappa shape index (κ1) is 15.7. The van der Waals surface area contributed by atoms with Gasteiger partial charge in [-0.05, 0) is 18.2 Å². The highest BCUT2D eigenvalue weighted by Gasteiger charge is 2.16. The van der Waals surface area contributed by atoms with E-state index < -0.39 is 5.97 Å². The van der Waals surface area contributed by atoms with Gasteiger partial charge in [0.05, 0.1) is 5.39 Å². The lowest BCUT2D eigenvalue weighted by molar-refractivity contribution is -0.131. The van der Waals surface area contributed by atoms with Crippen LogP contribution in [0.15, 0.2) is 53.3 Å². The minimum Gasteiger partial charge on any atom is -0.426 e. The molecule has 0 saturated heterocycles. The zero-order chi connectivity index (χ0) is 17.3. The highest BCUT2D eigenvalue weighted by atomic mass is 16.5. The van der Waals surface area contributed by atoms with E-state index in [9.17, 15) is 9.59 Å². The molecule has 0 atom stereocenters. The molecule has 0 aliphatic carbocycles. The van der Waals surface area contributed by atoms with Crippen LogP contribution in [0, 0.1) is 0 Å². The van der Waals surface area contributed by atoms with Gasteiger partial charge in [-0.15, -0.1) is 9.89 Å². The van der Waals surface area contributed by atoms with Crippen molar-refractivity contribution >= 4 is 16.7 Å². The molecule has 2 aromatic carbocycles. The molecular formula is C18H17N3O3. The van der Waals surface area contributed by atoms with Crippen molar-refractivity contribution in [2.24, 2.45) is 0 Å². The summed E-state index contributed by atoms with van der Waals surface area (Å²) < 4.78 is 5.30. The van der Waals surface area contributed by atoms with E-state index in [1.807, 2.05) is 30.3 Å². The first-order chi connectivity index (χ1) is 11.5. The van der Waals surface area contributed by atoms with Gasteiger partial charge in [0.15, 0.2) is 0 Å². The molecule has 122 valence electrons. The predicted octanol–water partition coefficient (Wildman–Crippen LogP) is 2.19. The fraction of sp³-hybridized carbons (Fsp3) is 0.167. The van der Waals surface area contributed by atoms with E-state index in [0.717, 1.165) is 0 Å². The van der Waals surface area contributed by atoms with Crippen molar-refractivity contribution in [2.45, 2.75) is 6.92 Å². The Morgan fingerprint density at radius 3 is 2.33 bits per heavy atom. The van der Waals surface area contributed by atoms with Gasteiger partial charge in [0.2, 0.25) is 0 Å². The van der Waals surface area contributed by atoms with Crippen LogP contribution in [0.5, 0.6) is 5.75 Å². The number of para-hydroxylation sites is 1. The summed E-state index contributed by atoms with van der Waals surface area (Å²) in [4.78, 5) is 25.3. The highest BCUT2D eigenvalue weighted by Crippen LogP contribution is 2.32. The van der Waals surface area contributed by atoms with Crippen molar-refractivity contribution < 1.29 is 9.53 Å². The third-order valence-electron chi connectivity index (χ3n) is 3.56. The molecule has 1 heterocycles. The largest absolute Gasteiger partial charge is 0.426 e. The Labute approximate surface area is 138 Å². The number of ether oxygens (including phenoxy) is 1. The molecular weight excluding hydrogens is 306 g/mol. The quantitative estimate of drug-likeness (QED) is 0.546. The maximum atomic E-state index is 12.6. The van der Waals surface area contributed by atoms with Crippen LogP contribution in [0.1, 0.15) is 6.92 Å². The lowest BCUT2D eigenvalue weighted by Gasteiger charge is -2.18. The van der Waals surface area contributed by atoms with Crippen LogP contribution >= 0.6 is 0 Å². The van der Waals surface area contributed by atoms with Gasteiger partial charge >= 0.3 is 5.97 Å². The summed E-state index contributed by atoms with van der Waals surface area (Å²) >= 11 is 0. The summed E-state index contributed by atoms with van der Waals surface area (Å²) in [5, 5.41) is 7.34. The van der Waals surface area contributed by atoms with Crippen LogP contribution < -0.4 is 15.3 Å². The Bertz CT molecular complexity index is 977. The van der Waals surface area contributed by atoms with Crippen LogP contribution in [0.2, 0.25) is 0 Å². The summed E-state index contributed by atoms with van der Waals surface area (Å²) in [5.41, 5.74) is 1.03. The molecule has 3 aromatic rings. The van der Waals surface area contributed by atoms with E-state index in [1.54, 1.807) is 37.3 Å². The average molecular weight is 323 g/mol. The van der Waals surface area contributed by atoms with E-state index in [0.29, 0.717) is 27.8 Å². The van der Waals surface area contributed by atoms with Gasteiger partial charge in [-0.2, -0.15) is 0 Å². The maximum Gasteiger partial charge on any atom is 0.308 e. The summed E-state index contributed by atoms with van der Waals surface area (Å²) in [5.74, 6) is -0.000653. The second-order valence-corrected chi connectivity index (χ2v) is 5.53. The SMILES string of the molecule is CC(=O)Oc1ccccc1-c1nn(N(C)C)c(=O)c2ccccc12. The number of carbonyl (C=O) groups is 1. The number of nitrogens with zero attached hydrogens (tertiary/aromatic N) is 3. The topological polar surface area (TPSA) is 64.4 Å². The van der Waals surface area contributed by atoms with Crippen LogP contribution in [-0.2, 0) is 4.79 Å². The van der Waals surface area contributed by atoms with Crippen LogP contribution in [0.25, 0.3) is 22.0 Å². The number of esters is 1. The third kappa shape index (κ3) is 2.74. The van der Waals surface area contributed by atoms with Gasteiger partial charge in [-0.3, -0.25) is 14.6 Å². The molecule has 0 aliphatic rings. The molecule has 0 amide bonds. The number of hydrogen-bond acceptors (Lipinski definition) is 5. The molecule has 0 N–H and O–H groups in total. The minimum absolute atomic E-state index is 0.204. The fourth-order valence-corrected chi connectivity index (χ4v) is 2.55. The number of carbonyl (C=O) groups excluding carboxylic acids is 1. The molecule has 0 spiro atoms. The Hall–Kier alpha value is -3.15. The summed E-state index contributed by atoms with van der Waals surface area (Å²) in [7, 11) is 3.48. The Morgan fingerprint density at radius 1 is 1.04 bits per heavy atom. The predicted molar refractivity (Wildman–Crippen MR) is 92.8 cm³/mol. The normalized spacial score (nSPS) is 10.6. The molecule has 24 heavy (non-hydrogen) atoms. The van der Waals surface area contributed by atoms with E-state index in [4.69, 9.17) is 4.74 Å². The monoisotopic (exact) mass is 323 g/mol. The molecule has 0 saturated carbocycles. The second kappa shape index (κ2) is 6.16. The molecule has 1 aromatic heterocycles. The van der Waals surface area contributed by atoms with Crippen LogP contribution in [0.3, 0.4) is 0 Å². The van der Waals surface area contributed by atoms with E-state index in [-0.39, 0.29) is 5.56 Å². The fourth-order valence-electron chi connectivity index (χ4n) is 2.55. The molecule has 0 radical (unpaired) electrons. The number of hydrogen-bond donors (Lipinski definition) is 0. The summed E-state index contributed by atoms with van der Waals surface area (Å²) in [6, 6.07) is 14.4. The Balaban J connectivity index is 2.37. The van der Waals surface area contributed by atoms with Gasteiger partial charge in [0, 0.05) is 32.0 Å². The van der Waals surface area contributed by atoms with Crippen LogP contribution in [-0.4, -0.2) is 30.0 Å². The number of benzene rings is 2. The zero-order valence-corrected chi connectivity index (χ0v) is 13.7. The molecule has 6 nitrogen and oxygen atoms in total. The molecule has 0 fully saturated rings. The standard InChI is InChI=1S/C18H17N3O3/c1-12(22)24-16-11-7-6-10-15(16)17-13-8-4-5-9-14(13)18(23)21(19-17)20(2)3/h4-11H,1-3H3. The van der Waals surface area contributed by atoms with Gasteiger partial charge in [-0.25, -0.2) is 0 Å². The van der Waals surface area contributed by atoms with Crippen molar-refractivity contribution in [3.8, 4) is 17.0 Å². The first-order valence-corrected chi connectivity index (χ1v) is 7.46. The van der Waals surface area contributed by atoms with Gasteiger partial charge in [-0.1, -0.05) is 30.3 Å². The number of rotatable bonds is 3. The third-order valence-corrected chi connectivity index (χ3v) is 3.56. The molecule has 0 aliphatic heterocycles.